The van der Waals surface area contributed by atoms with E-state index in [-0.39, 0.29) is 5.91 Å². The SMILES string of the molecule is CN(CCOc1ccccc1Cl)C(=O)CC1CCNC1. The maximum Gasteiger partial charge on any atom is 0.222 e. The summed E-state index contributed by atoms with van der Waals surface area (Å²) >= 11 is 6.00. The van der Waals surface area contributed by atoms with Crippen molar-refractivity contribution in [2.45, 2.75) is 12.8 Å². The zero-order valence-electron chi connectivity index (χ0n) is 11.8. The van der Waals surface area contributed by atoms with Crippen molar-refractivity contribution in [3.8, 4) is 5.75 Å². The molecule has 0 spiro atoms. The van der Waals surface area contributed by atoms with E-state index in [1.807, 2.05) is 25.2 Å². The first-order valence-electron chi connectivity index (χ1n) is 6.99. The van der Waals surface area contributed by atoms with E-state index in [2.05, 4.69) is 5.32 Å². The van der Waals surface area contributed by atoms with E-state index >= 15 is 0 Å². The first kappa shape index (κ1) is 15.1. The second-order valence-electron chi connectivity index (χ2n) is 5.16. The maximum absolute atomic E-state index is 12.0. The fourth-order valence-corrected chi connectivity index (χ4v) is 2.46. The highest BCUT2D eigenvalue weighted by Gasteiger charge is 2.20. The van der Waals surface area contributed by atoms with E-state index in [1.54, 1.807) is 11.0 Å². The third-order valence-electron chi connectivity index (χ3n) is 3.57. The molecule has 0 radical (unpaired) electrons. The number of hydrogen-bond donors (Lipinski definition) is 1. The number of hydrogen-bond acceptors (Lipinski definition) is 3. The monoisotopic (exact) mass is 296 g/mol. The highest BCUT2D eigenvalue weighted by Crippen LogP contribution is 2.22. The van der Waals surface area contributed by atoms with Crippen LogP contribution in [-0.2, 0) is 4.79 Å². The van der Waals surface area contributed by atoms with Crippen LogP contribution in [0.5, 0.6) is 5.75 Å². The molecular formula is C15H21ClN2O2. The zero-order chi connectivity index (χ0) is 14.4. The Balaban J connectivity index is 1.70. The molecule has 2 rings (SSSR count). The molecule has 1 heterocycles. The molecule has 1 aliphatic heterocycles. The smallest absolute Gasteiger partial charge is 0.222 e. The number of halogens is 1. The molecule has 0 saturated carbocycles. The number of carbonyl (C=O) groups is 1. The van der Waals surface area contributed by atoms with Gasteiger partial charge in [-0.05, 0) is 37.6 Å². The molecule has 1 aromatic rings. The highest BCUT2D eigenvalue weighted by molar-refractivity contribution is 6.32. The van der Waals surface area contributed by atoms with Crippen LogP contribution in [-0.4, -0.2) is 44.1 Å². The van der Waals surface area contributed by atoms with Gasteiger partial charge in [0, 0.05) is 13.5 Å². The van der Waals surface area contributed by atoms with Crippen LogP contribution in [0.2, 0.25) is 5.02 Å². The van der Waals surface area contributed by atoms with Crippen LogP contribution in [0.3, 0.4) is 0 Å². The van der Waals surface area contributed by atoms with Gasteiger partial charge in [-0.15, -0.1) is 0 Å². The largest absolute Gasteiger partial charge is 0.490 e. The van der Waals surface area contributed by atoms with Crippen molar-refractivity contribution in [1.29, 1.82) is 0 Å². The van der Waals surface area contributed by atoms with Crippen molar-refractivity contribution < 1.29 is 9.53 Å². The number of likely N-dealkylation sites (N-methyl/N-ethyl adjacent to an activating group) is 1. The first-order chi connectivity index (χ1) is 9.66. The number of rotatable bonds is 6. The summed E-state index contributed by atoms with van der Waals surface area (Å²) < 4.78 is 5.59. The zero-order valence-corrected chi connectivity index (χ0v) is 12.5. The summed E-state index contributed by atoms with van der Waals surface area (Å²) in [5.41, 5.74) is 0. The molecule has 4 nitrogen and oxygen atoms in total. The number of nitrogens with one attached hydrogen (secondary N) is 1. The fraction of sp³-hybridized carbons (Fsp3) is 0.533. The molecule has 0 aromatic heterocycles. The molecule has 1 aromatic carbocycles. The average Bonchev–Trinajstić information content (AvgIpc) is 2.93. The topological polar surface area (TPSA) is 41.6 Å². The average molecular weight is 297 g/mol. The minimum atomic E-state index is 0.182. The van der Waals surface area contributed by atoms with Gasteiger partial charge in [0.05, 0.1) is 11.6 Å². The van der Waals surface area contributed by atoms with Gasteiger partial charge in [0.2, 0.25) is 5.91 Å². The van der Waals surface area contributed by atoms with E-state index in [4.69, 9.17) is 16.3 Å². The van der Waals surface area contributed by atoms with Crippen molar-refractivity contribution in [3.05, 3.63) is 29.3 Å². The van der Waals surface area contributed by atoms with Crippen molar-refractivity contribution in [2.24, 2.45) is 5.92 Å². The summed E-state index contributed by atoms with van der Waals surface area (Å²) in [7, 11) is 1.82. The predicted octanol–water partition coefficient (Wildman–Crippen LogP) is 2.18. The van der Waals surface area contributed by atoms with Crippen LogP contribution in [0.25, 0.3) is 0 Å². The summed E-state index contributed by atoms with van der Waals surface area (Å²) in [5.74, 6) is 1.32. The van der Waals surface area contributed by atoms with Gasteiger partial charge in [0.15, 0.2) is 0 Å². The van der Waals surface area contributed by atoms with Crippen molar-refractivity contribution >= 4 is 17.5 Å². The Morgan fingerprint density at radius 3 is 3.00 bits per heavy atom. The summed E-state index contributed by atoms with van der Waals surface area (Å²) in [6.07, 6.45) is 1.71. The lowest BCUT2D eigenvalue weighted by atomic mass is 10.0. The Labute approximate surface area is 125 Å². The Hall–Kier alpha value is -1.26. The van der Waals surface area contributed by atoms with E-state index in [1.165, 1.54) is 0 Å². The van der Waals surface area contributed by atoms with Gasteiger partial charge in [-0.3, -0.25) is 4.79 Å². The molecule has 110 valence electrons. The van der Waals surface area contributed by atoms with Crippen LogP contribution in [0.15, 0.2) is 24.3 Å². The Morgan fingerprint density at radius 1 is 1.50 bits per heavy atom. The first-order valence-corrected chi connectivity index (χ1v) is 7.36. The molecule has 1 saturated heterocycles. The van der Waals surface area contributed by atoms with Crippen LogP contribution in [0.4, 0.5) is 0 Å². The van der Waals surface area contributed by atoms with Gasteiger partial charge < -0.3 is 15.0 Å². The highest BCUT2D eigenvalue weighted by atomic mass is 35.5. The lowest BCUT2D eigenvalue weighted by Crippen LogP contribution is -2.32. The third kappa shape index (κ3) is 4.39. The lowest BCUT2D eigenvalue weighted by Gasteiger charge is -2.19. The molecular weight excluding hydrogens is 276 g/mol. The fourth-order valence-electron chi connectivity index (χ4n) is 2.27. The van der Waals surface area contributed by atoms with Crippen molar-refractivity contribution in [1.82, 2.24) is 10.2 Å². The third-order valence-corrected chi connectivity index (χ3v) is 3.88. The number of benzene rings is 1. The number of ether oxygens (including phenoxy) is 1. The Morgan fingerprint density at radius 2 is 2.30 bits per heavy atom. The van der Waals surface area contributed by atoms with E-state index in [0.29, 0.717) is 36.3 Å². The van der Waals surface area contributed by atoms with Crippen LogP contribution >= 0.6 is 11.6 Å². The minimum Gasteiger partial charge on any atom is -0.490 e. The van der Waals surface area contributed by atoms with Gasteiger partial charge in [-0.2, -0.15) is 0 Å². The summed E-state index contributed by atoms with van der Waals surface area (Å²) in [5, 5.41) is 3.87. The molecule has 1 N–H and O–H groups in total. The van der Waals surface area contributed by atoms with Gasteiger partial charge in [-0.1, -0.05) is 23.7 Å². The summed E-state index contributed by atoms with van der Waals surface area (Å²) in [4.78, 5) is 13.8. The van der Waals surface area contributed by atoms with Crippen LogP contribution in [0, 0.1) is 5.92 Å². The van der Waals surface area contributed by atoms with Gasteiger partial charge >= 0.3 is 0 Å². The second kappa shape index (κ2) is 7.50. The Kier molecular flexibility index (Phi) is 5.68. The number of carbonyl (C=O) groups excluding carboxylic acids is 1. The van der Waals surface area contributed by atoms with Gasteiger partial charge in [0.1, 0.15) is 12.4 Å². The molecule has 0 aliphatic carbocycles. The maximum atomic E-state index is 12.0. The lowest BCUT2D eigenvalue weighted by molar-refractivity contribution is -0.131. The summed E-state index contributed by atoms with van der Waals surface area (Å²) in [6, 6.07) is 7.36. The van der Waals surface area contributed by atoms with Crippen molar-refractivity contribution in [3.63, 3.8) is 0 Å². The molecule has 5 heteroatoms. The molecule has 1 atom stereocenters. The minimum absolute atomic E-state index is 0.182. The van der Waals surface area contributed by atoms with Crippen LogP contribution < -0.4 is 10.1 Å². The quantitative estimate of drug-likeness (QED) is 0.875. The number of nitrogens with zero attached hydrogens (tertiary/aromatic N) is 1. The number of para-hydroxylation sites is 1. The summed E-state index contributed by atoms with van der Waals surface area (Å²) in [6.45, 7) is 3.01. The molecule has 1 aliphatic rings. The molecule has 1 unspecified atom stereocenters. The van der Waals surface area contributed by atoms with E-state index in [0.717, 1.165) is 19.5 Å². The normalized spacial score (nSPS) is 18.0. The van der Waals surface area contributed by atoms with Gasteiger partial charge in [0.25, 0.3) is 0 Å². The van der Waals surface area contributed by atoms with Crippen LogP contribution in [0.1, 0.15) is 12.8 Å². The second-order valence-corrected chi connectivity index (χ2v) is 5.56. The molecule has 1 amide bonds. The predicted molar refractivity (Wildman–Crippen MR) is 80.2 cm³/mol. The molecule has 1 fully saturated rings. The standard InChI is InChI=1S/C15H21ClN2O2/c1-18(15(19)10-12-6-7-17-11-12)8-9-20-14-5-3-2-4-13(14)16/h2-5,12,17H,6-11H2,1H3. The Bertz CT molecular complexity index is 447. The van der Waals surface area contributed by atoms with E-state index < -0.39 is 0 Å². The van der Waals surface area contributed by atoms with E-state index in [9.17, 15) is 4.79 Å². The van der Waals surface area contributed by atoms with Crippen molar-refractivity contribution in [2.75, 3.05) is 33.3 Å². The van der Waals surface area contributed by atoms with Gasteiger partial charge in [-0.25, -0.2) is 0 Å². The molecule has 0 bridgehead atoms. The number of amides is 1. The molecule has 20 heavy (non-hydrogen) atoms.